The lowest BCUT2D eigenvalue weighted by molar-refractivity contribution is 0.0646. The fourth-order valence-corrected chi connectivity index (χ4v) is 2.84. The first-order valence-corrected chi connectivity index (χ1v) is 7.33. The third-order valence-electron chi connectivity index (χ3n) is 4.00. The molecular weight excluding hydrogens is 276 g/mol. The van der Waals surface area contributed by atoms with Gasteiger partial charge >= 0.3 is 0 Å². The molecule has 0 aromatic heterocycles. The van der Waals surface area contributed by atoms with Crippen LogP contribution in [0.25, 0.3) is 0 Å². The fraction of sp³-hybridized carbons (Fsp3) is 0.533. The first-order valence-electron chi connectivity index (χ1n) is 6.95. The molecule has 0 saturated carbocycles. The predicted octanol–water partition coefficient (Wildman–Crippen LogP) is 2.55. The topological polar surface area (TPSA) is 55.6 Å². The summed E-state index contributed by atoms with van der Waals surface area (Å²) >= 11 is 5.93. The van der Waals surface area contributed by atoms with E-state index in [0.717, 1.165) is 12.8 Å². The average molecular weight is 297 g/mol. The van der Waals surface area contributed by atoms with Crippen molar-refractivity contribution >= 4 is 17.5 Å². The van der Waals surface area contributed by atoms with E-state index in [9.17, 15) is 4.79 Å². The molecule has 0 radical (unpaired) electrons. The van der Waals surface area contributed by atoms with Crippen LogP contribution in [-0.4, -0.2) is 37.0 Å². The molecule has 20 heavy (non-hydrogen) atoms. The first-order chi connectivity index (χ1) is 9.56. The number of likely N-dealkylation sites (tertiary alicyclic amines) is 1. The van der Waals surface area contributed by atoms with Gasteiger partial charge in [0.15, 0.2) is 0 Å². The Balaban J connectivity index is 2.19. The third kappa shape index (κ3) is 3.07. The van der Waals surface area contributed by atoms with Crippen molar-refractivity contribution in [3.63, 3.8) is 0 Å². The van der Waals surface area contributed by atoms with Crippen molar-refractivity contribution < 1.29 is 9.53 Å². The van der Waals surface area contributed by atoms with E-state index in [0.29, 0.717) is 35.3 Å². The van der Waals surface area contributed by atoms with Crippen molar-refractivity contribution in [1.29, 1.82) is 0 Å². The molecule has 1 aromatic carbocycles. The Hall–Kier alpha value is -1.26. The second-order valence-electron chi connectivity index (χ2n) is 5.22. The van der Waals surface area contributed by atoms with Gasteiger partial charge in [0.05, 0.1) is 12.7 Å². The first kappa shape index (κ1) is 15.1. The Kier molecular flexibility index (Phi) is 4.89. The highest BCUT2D eigenvalue weighted by molar-refractivity contribution is 6.30. The summed E-state index contributed by atoms with van der Waals surface area (Å²) in [6.07, 6.45) is 1.84. The number of ether oxygens (including phenoxy) is 1. The summed E-state index contributed by atoms with van der Waals surface area (Å²) < 4.78 is 5.26. The number of rotatable bonds is 3. The predicted molar refractivity (Wildman–Crippen MR) is 80.3 cm³/mol. The fourth-order valence-electron chi connectivity index (χ4n) is 2.68. The zero-order valence-electron chi connectivity index (χ0n) is 11.9. The largest absolute Gasteiger partial charge is 0.496 e. The van der Waals surface area contributed by atoms with Crippen LogP contribution in [0.2, 0.25) is 5.02 Å². The van der Waals surface area contributed by atoms with Crippen molar-refractivity contribution in [3.8, 4) is 5.75 Å². The van der Waals surface area contributed by atoms with Crippen molar-refractivity contribution in [3.05, 3.63) is 28.8 Å². The Labute approximate surface area is 124 Å². The van der Waals surface area contributed by atoms with Gasteiger partial charge in [-0.3, -0.25) is 4.79 Å². The molecular formula is C15H21ClN2O2. The Morgan fingerprint density at radius 2 is 2.30 bits per heavy atom. The number of nitrogens with two attached hydrogens (primary N) is 1. The minimum Gasteiger partial charge on any atom is -0.496 e. The van der Waals surface area contributed by atoms with E-state index in [1.807, 2.05) is 4.90 Å². The highest BCUT2D eigenvalue weighted by Crippen LogP contribution is 2.27. The quantitative estimate of drug-likeness (QED) is 0.932. The molecule has 2 unspecified atom stereocenters. The third-order valence-corrected chi connectivity index (χ3v) is 4.23. The minimum atomic E-state index is -0.0103. The number of benzene rings is 1. The summed E-state index contributed by atoms with van der Waals surface area (Å²) in [5, 5.41) is 0.561. The van der Waals surface area contributed by atoms with Crippen LogP contribution in [0.4, 0.5) is 0 Å². The van der Waals surface area contributed by atoms with Crippen LogP contribution in [0.5, 0.6) is 5.75 Å². The van der Waals surface area contributed by atoms with Gasteiger partial charge in [-0.25, -0.2) is 0 Å². The monoisotopic (exact) mass is 296 g/mol. The van der Waals surface area contributed by atoms with E-state index in [4.69, 9.17) is 22.1 Å². The molecule has 2 N–H and O–H groups in total. The van der Waals surface area contributed by atoms with Gasteiger partial charge in [0.1, 0.15) is 5.75 Å². The molecule has 0 bridgehead atoms. The smallest absolute Gasteiger partial charge is 0.257 e. The normalized spacial score (nSPS) is 22.7. The SMILES string of the molecule is CCC1CN(C(=O)c2ccc(Cl)cc2OC)CCC1N. The summed E-state index contributed by atoms with van der Waals surface area (Å²) in [4.78, 5) is 14.5. The second-order valence-corrected chi connectivity index (χ2v) is 5.65. The average Bonchev–Trinajstić information content (AvgIpc) is 2.46. The Bertz CT molecular complexity index is 493. The van der Waals surface area contributed by atoms with E-state index in [-0.39, 0.29) is 11.9 Å². The summed E-state index contributed by atoms with van der Waals surface area (Å²) in [5.74, 6) is 0.875. The van der Waals surface area contributed by atoms with E-state index in [2.05, 4.69) is 6.92 Å². The number of halogens is 1. The molecule has 1 heterocycles. The van der Waals surface area contributed by atoms with Crippen molar-refractivity contribution in [2.45, 2.75) is 25.8 Å². The van der Waals surface area contributed by atoms with Gasteiger partial charge in [0.25, 0.3) is 5.91 Å². The maximum atomic E-state index is 12.6. The molecule has 1 aliphatic rings. The van der Waals surface area contributed by atoms with E-state index >= 15 is 0 Å². The maximum Gasteiger partial charge on any atom is 0.257 e. The zero-order chi connectivity index (χ0) is 14.7. The highest BCUT2D eigenvalue weighted by atomic mass is 35.5. The molecule has 2 atom stereocenters. The number of hydrogen-bond acceptors (Lipinski definition) is 3. The molecule has 110 valence electrons. The standard InChI is InChI=1S/C15H21ClN2O2/c1-3-10-9-18(7-6-13(10)17)15(19)12-5-4-11(16)8-14(12)20-2/h4-5,8,10,13H,3,6-7,9,17H2,1-2H3. The van der Waals surface area contributed by atoms with Crippen LogP contribution in [-0.2, 0) is 0 Å². The molecule has 4 nitrogen and oxygen atoms in total. The number of piperidine rings is 1. The van der Waals surface area contributed by atoms with Crippen molar-refractivity contribution in [2.75, 3.05) is 20.2 Å². The number of methoxy groups -OCH3 is 1. The summed E-state index contributed by atoms with van der Waals surface area (Å²) in [6.45, 7) is 3.52. The van der Waals surface area contributed by atoms with Crippen molar-refractivity contribution in [1.82, 2.24) is 4.90 Å². The second kappa shape index (κ2) is 6.46. The van der Waals surface area contributed by atoms with Gasteiger partial charge in [0.2, 0.25) is 0 Å². The van der Waals surface area contributed by atoms with Gasteiger partial charge in [-0.05, 0) is 30.5 Å². The van der Waals surface area contributed by atoms with Gasteiger partial charge in [-0.1, -0.05) is 24.9 Å². The molecule has 0 spiro atoms. The molecule has 5 heteroatoms. The highest BCUT2D eigenvalue weighted by Gasteiger charge is 2.29. The van der Waals surface area contributed by atoms with Gasteiger partial charge in [0, 0.05) is 24.2 Å². The number of carbonyl (C=O) groups excluding carboxylic acids is 1. The summed E-state index contributed by atoms with van der Waals surface area (Å²) in [6, 6.07) is 5.29. The summed E-state index contributed by atoms with van der Waals surface area (Å²) in [5.41, 5.74) is 6.64. The number of nitrogens with zero attached hydrogens (tertiary/aromatic N) is 1. The minimum absolute atomic E-state index is 0.0103. The van der Waals surface area contributed by atoms with Crippen LogP contribution in [0, 0.1) is 5.92 Å². The molecule has 0 aliphatic carbocycles. The van der Waals surface area contributed by atoms with E-state index < -0.39 is 0 Å². The Morgan fingerprint density at radius 3 is 2.95 bits per heavy atom. The Morgan fingerprint density at radius 1 is 1.55 bits per heavy atom. The molecule has 1 aliphatic heterocycles. The summed E-state index contributed by atoms with van der Waals surface area (Å²) in [7, 11) is 1.55. The lowest BCUT2D eigenvalue weighted by atomic mass is 9.90. The van der Waals surface area contributed by atoms with Crippen molar-refractivity contribution in [2.24, 2.45) is 11.7 Å². The van der Waals surface area contributed by atoms with Gasteiger partial charge < -0.3 is 15.4 Å². The lowest BCUT2D eigenvalue weighted by Crippen LogP contribution is -2.49. The van der Waals surface area contributed by atoms with Crippen LogP contribution in [0.1, 0.15) is 30.1 Å². The van der Waals surface area contributed by atoms with E-state index in [1.165, 1.54) is 0 Å². The van der Waals surface area contributed by atoms with Gasteiger partial charge in [-0.15, -0.1) is 0 Å². The lowest BCUT2D eigenvalue weighted by Gasteiger charge is -2.36. The number of amides is 1. The van der Waals surface area contributed by atoms with Gasteiger partial charge in [-0.2, -0.15) is 0 Å². The molecule has 2 rings (SSSR count). The zero-order valence-corrected chi connectivity index (χ0v) is 12.7. The number of hydrogen-bond donors (Lipinski definition) is 1. The molecule has 1 fully saturated rings. The number of carbonyl (C=O) groups is 1. The van der Waals surface area contributed by atoms with Crippen LogP contribution in [0.15, 0.2) is 18.2 Å². The van der Waals surface area contributed by atoms with Crippen LogP contribution < -0.4 is 10.5 Å². The molecule has 1 amide bonds. The van der Waals surface area contributed by atoms with E-state index in [1.54, 1.807) is 25.3 Å². The van der Waals surface area contributed by atoms with Crippen LogP contribution >= 0.6 is 11.6 Å². The van der Waals surface area contributed by atoms with Crippen LogP contribution in [0.3, 0.4) is 0 Å². The molecule has 1 saturated heterocycles. The maximum absolute atomic E-state index is 12.6. The molecule has 1 aromatic rings.